The molecule has 1 nitrogen and oxygen atoms in total. The van der Waals surface area contributed by atoms with Crippen molar-refractivity contribution in [3.05, 3.63) is 34.9 Å². The van der Waals surface area contributed by atoms with Gasteiger partial charge in [-0.05, 0) is 39.3 Å². The molecule has 1 heteroatoms. The summed E-state index contributed by atoms with van der Waals surface area (Å²) in [5.74, 6) is 0. The predicted molar refractivity (Wildman–Crippen MR) is 62.8 cm³/mol. The van der Waals surface area contributed by atoms with Crippen LogP contribution in [0.4, 0.5) is 0 Å². The molecular formula is C13H21N. The van der Waals surface area contributed by atoms with Gasteiger partial charge in [0.15, 0.2) is 0 Å². The summed E-state index contributed by atoms with van der Waals surface area (Å²) in [6.45, 7) is 9.76. The summed E-state index contributed by atoms with van der Waals surface area (Å²) >= 11 is 0. The number of aryl methyl sites for hydroxylation is 2. The second-order valence-corrected chi connectivity index (χ2v) is 4.16. The second kappa shape index (κ2) is 5.16. The molecule has 0 amide bonds. The number of nitrogens with one attached hydrogen (secondary N) is 1. The number of likely N-dealkylation sites (N-methyl/N-ethyl adjacent to an activating group) is 1. The van der Waals surface area contributed by atoms with Crippen molar-refractivity contribution in [3.8, 4) is 0 Å². The zero-order chi connectivity index (χ0) is 10.6. The fourth-order valence-corrected chi connectivity index (χ4v) is 1.96. The fraction of sp³-hybridized carbons (Fsp3) is 0.538. The van der Waals surface area contributed by atoms with E-state index in [1.54, 1.807) is 0 Å². The van der Waals surface area contributed by atoms with Crippen molar-refractivity contribution in [3.63, 3.8) is 0 Å². The minimum atomic E-state index is 0.571. The summed E-state index contributed by atoms with van der Waals surface area (Å²) in [6.07, 6.45) is 1.12. The summed E-state index contributed by atoms with van der Waals surface area (Å²) in [5, 5.41) is 3.43. The standard InChI is InChI=1S/C13H21N/c1-5-14-12(4)9-13-7-10(2)6-11(3)8-13/h6-8,12,14H,5,9H2,1-4H3. The van der Waals surface area contributed by atoms with Crippen LogP contribution in [0.15, 0.2) is 18.2 Å². The highest BCUT2D eigenvalue weighted by molar-refractivity contribution is 5.28. The van der Waals surface area contributed by atoms with E-state index in [0.717, 1.165) is 13.0 Å². The van der Waals surface area contributed by atoms with Gasteiger partial charge in [-0.2, -0.15) is 0 Å². The van der Waals surface area contributed by atoms with Gasteiger partial charge in [-0.15, -0.1) is 0 Å². The Morgan fingerprint density at radius 1 is 1.14 bits per heavy atom. The van der Waals surface area contributed by atoms with Crippen molar-refractivity contribution in [2.45, 2.75) is 40.2 Å². The van der Waals surface area contributed by atoms with Gasteiger partial charge in [-0.1, -0.05) is 36.2 Å². The van der Waals surface area contributed by atoms with E-state index in [4.69, 9.17) is 0 Å². The summed E-state index contributed by atoms with van der Waals surface area (Å²) in [6, 6.07) is 7.35. The Labute approximate surface area is 87.5 Å². The lowest BCUT2D eigenvalue weighted by atomic mass is 10.0. The van der Waals surface area contributed by atoms with Gasteiger partial charge in [-0.25, -0.2) is 0 Å². The van der Waals surface area contributed by atoms with Crippen molar-refractivity contribution >= 4 is 0 Å². The first-order chi connectivity index (χ1) is 6.61. The molecule has 0 heterocycles. The molecule has 0 fully saturated rings. The summed E-state index contributed by atoms with van der Waals surface area (Å²) in [5.41, 5.74) is 4.17. The zero-order valence-corrected chi connectivity index (χ0v) is 9.72. The molecule has 1 aromatic rings. The minimum Gasteiger partial charge on any atom is -0.314 e. The van der Waals surface area contributed by atoms with Crippen LogP contribution >= 0.6 is 0 Å². The zero-order valence-electron chi connectivity index (χ0n) is 9.72. The van der Waals surface area contributed by atoms with Crippen molar-refractivity contribution in [1.82, 2.24) is 5.32 Å². The third-order valence-electron chi connectivity index (χ3n) is 2.38. The Morgan fingerprint density at radius 3 is 2.21 bits per heavy atom. The van der Waals surface area contributed by atoms with Gasteiger partial charge in [-0.3, -0.25) is 0 Å². The third-order valence-corrected chi connectivity index (χ3v) is 2.38. The van der Waals surface area contributed by atoms with Crippen molar-refractivity contribution in [1.29, 1.82) is 0 Å². The quantitative estimate of drug-likeness (QED) is 0.771. The maximum atomic E-state index is 3.43. The molecule has 78 valence electrons. The highest BCUT2D eigenvalue weighted by Gasteiger charge is 2.02. The van der Waals surface area contributed by atoms with Crippen LogP contribution in [0.1, 0.15) is 30.5 Å². The predicted octanol–water partition coefficient (Wildman–Crippen LogP) is 2.84. The smallest absolute Gasteiger partial charge is 0.00790 e. The largest absolute Gasteiger partial charge is 0.314 e. The average molecular weight is 191 g/mol. The van der Waals surface area contributed by atoms with Gasteiger partial charge >= 0.3 is 0 Å². The Bertz CT molecular complexity index is 271. The molecule has 0 aliphatic rings. The van der Waals surface area contributed by atoms with E-state index < -0.39 is 0 Å². The first kappa shape index (κ1) is 11.3. The van der Waals surface area contributed by atoms with Crippen molar-refractivity contribution in [2.24, 2.45) is 0 Å². The molecule has 0 radical (unpaired) electrons. The van der Waals surface area contributed by atoms with Crippen molar-refractivity contribution < 1.29 is 0 Å². The van der Waals surface area contributed by atoms with Gasteiger partial charge in [0.05, 0.1) is 0 Å². The SMILES string of the molecule is CCNC(C)Cc1cc(C)cc(C)c1. The van der Waals surface area contributed by atoms with Crippen LogP contribution in [-0.2, 0) is 6.42 Å². The van der Waals surface area contributed by atoms with Gasteiger partial charge in [0, 0.05) is 6.04 Å². The van der Waals surface area contributed by atoms with E-state index in [-0.39, 0.29) is 0 Å². The molecule has 0 aliphatic carbocycles. The Balaban J connectivity index is 2.66. The topological polar surface area (TPSA) is 12.0 Å². The Hall–Kier alpha value is -0.820. The van der Waals surface area contributed by atoms with Gasteiger partial charge in [0.2, 0.25) is 0 Å². The first-order valence-electron chi connectivity index (χ1n) is 5.42. The molecule has 0 saturated carbocycles. The van der Waals surface area contributed by atoms with Crippen LogP contribution in [0, 0.1) is 13.8 Å². The van der Waals surface area contributed by atoms with Crippen molar-refractivity contribution in [2.75, 3.05) is 6.54 Å². The van der Waals surface area contributed by atoms with E-state index in [1.807, 2.05) is 0 Å². The normalized spacial score (nSPS) is 12.9. The molecule has 1 rings (SSSR count). The highest BCUT2D eigenvalue weighted by Crippen LogP contribution is 2.10. The number of rotatable bonds is 4. The third kappa shape index (κ3) is 3.51. The van der Waals surface area contributed by atoms with Gasteiger partial charge in [0.25, 0.3) is 0 Å². The second-order valence-electron chi connectivity index (χ2n) is 4.16. The first-order valence-corrected chi connectivity index (χ1v) is 5.42. The molecule has 1 N–H and O–H groups in total. The minimum absolute atomic E-state index is 0.571. The van der Waals surface area contributed by atoms with Gasteiger partial charge < -0.3 is 5.32 Å². The molecule has 14 heavy (non-hydrogen) atoms. The van der Waals surface area contributed by atoms with Crippen LogP contribution in [0.25, 0.3) is 0 Å². The monoisotopic (exact) mass is 191 g/mol. The summed E-state index contributed by atoms with van der Waals surface area (Å²) in [4.78, 5) is 0. The van der Waals surface area contributed by atoms with E-state index in [9.17, 15) is 0 Å². The Morgan fingerprint density at radius 2 is 1.71 bits per heavy atom. The summed E-state index contributed by atoms with van der Waals surface area (Å²) < 4.78 is 0. The summed E-state index contributed by atoms with van der Waals surface area (Å²) in [7, 11) is 0. The van der Waals surface area contributed by atoms with Crippen LogP contribution in [0.3, 0.4) is 0 Å². The van der Waals surface area contributed by atoms with E-state index in [0.29, 0.717) is 6.04 Å². The van der Waals surface area contributed by atoms with E-state index in [2.05, 4.69) is 51.2 Å². The van der Waals surface area contributed by atoms with Gasteiger partial charge in [0.1, 0.15) is 0 Å². The maximum absolute atomic E-state index is 3.43. The van der Waals surface area contributed by atoms with Crippen LogP contribution in [0.5, 0.6) is 0 Å². The number of benzene rings is 1. The van der Waals surface area contributed by atoms with Crippen LogP contribution in [0.2, 0.25) is 0 Å². The van der Waals surface area contributed by atoms with Crippen LogP contribution < -0.4 is 5.32 Å². The Kier molecular flexibility index (Phi) is 4.15. The lowest BCUT2D eigenvalue weighted by Crippen LogP contribution is -2.27. The molecule has 0 aliphatic heterocycles. The molecule has 1 aromatic carbocycles. The molecule has 0 aromatic heterocycles. The molecule has 1 atom stereocenters. The molecular weight excluding hydrogens is 170 g/mol. The lowest BCUT2D eigenvalue weighted by Gasteiger charge is -2.13. The number of hydrogen-bond donors (Lipinski definition) is 1. The molecule has 0 spiro atoms. The fourth-order valence-electron chi connectivity index (χ4n) is 1.96. The molecule has 1 unspecified atom stereocenters. The highest BCUT2D eigenvalue weighted by atomic mass is 14.9. The maximum Gasteiger partial charge on any atom is 0.00790 e. The average Bonchev–Trinajstić information content (AvgIpc) is 2.01. The number of hydrogen-bond acceptors (Lipinski definition) is 1. The molecule has 0 bridgehead atoms. The van der Waals surface area contributed by atoms with E-state index >= 15 is 0 Å². The molecule has 0 saturated heterocycles. The lowest BCUT2D eigenvalue weighted by molar-refractivity contribution is 0.565. The van der Waals surface area contributed by atoms with E-state index in [1.165, 1.54) is 16.7 Å². The van der Waals surface area contributed by atoms with Crippen LogP contribution in [-0.4, -0.2) is 12.6 Å².